The first kappa shape index (κ1) is 14.5. The molecule has 0 unspecified atom stereocenters. The molecule has 7 heteroatoms. The van der Waals surface area contributed by atoms with Crippen LogP contribution in [0.2, 0.25) is 0 Å². The summed E-state index contributed by atoms with van der Waals surface area (Å²) in [6.07, 6.45) is 0. The Morgan fingerprint density at radius 2 is 1.59 bits per heavy atom. The maximum atomic E-state index is 8.49. The Bertz CT molecular complexity index is 447. The summed E-state index contributed by atoms with van der Waals surface area (Å²) in [5.74, 6) is 0. The highest BCUT2D eigenvalue weighted by atomic mass is 35.7. The van der Waals surface area contributed by atoms with Crippen LogP contribution in [0, 0.1) is 17.2 Å². The second-order valence-corrected chi connectivity index (χ2v) is 6.20. The van der Waals surface area contributed by atoms with E-state index in [-0.39, 0.29) is 0 Å². The molecule has 0 saturated heterocycles. The molecule has 0 fully saturated rings. The zero-order chi connectivity index (χ0) is 12.9. The number of halogens is 1. The van der Waals surface area contributed by atoms with E-state index >= 15 is 0 Å². The molecule has 0 saturated carbocycles. The van der Waals surface area contributed by atoms with Crippen LogP contribution in [0.4, 0.5) is 0 Å². The Hall–Kier alpha value is -0.600. The molecule has 0 N–H and O–H groups in total. The van der Waals surface area contributed by atoms with Gasteiger partial charge in [-0.05, 0) is 19.1 Å². The summed E-state index contributed by atoms with van der Waals surface area (Å²) in [6, 6.07) is 12.7. The lowest BCUT2D eigenvalue weighted by atomic mass is 10.2. The molecule has 2 aromatic rings. The summed E-state index contributed by atoms with van der Waals surface area (Å²) >= 11 is 0. The lowest BCUT2D eigenvalue weighted by molar-refractivity contribution is -2.00. The largest absolute Gasteiger partial charge is 0.300 e. The van der Waals surface area contributed by atoms with Gasteiger partial charge in [0.05, 0.1) is 4.88 Å². The molecule has 1 aromatic carbocycles. The topological polar surface area (TPSA) is 92.2 Å². The van der Waals surface area contributed by atoms with Gasteiger partial charge >= 0.3 is 10.3 Å². The van der Waals surface area contributed by atoms with Crippen molar-refractivity contribution in [2.75, 3.05) is 0 Å². The van der Waals surface area contributed by atoms with Crippen molar-refractivity contribution in [2.45, 2.75) is 6.92 Å². The minimum atomic E-state index is -4.94. The van der Waals surface area contributed by atoms with Gasteiger partial charge in [-0.3, -0.25) is 0 Å². The predicted molar refractivity (Wildman–Crippen MR) is 56.8 cm³/mol. The highest BCUT2D eigenvalue weighted by Gasteiger charge is 2.12. The van der Waals surface area contributed by atoms with E-state index in [0.717, 1.165) is 0 Å². The van der Waals surface area contributed by atoms with Gasteiger partial charge in [-0.1, -0.05) is 18.2 Å². The van der Waals surface area contributed by atoms with Crippen molar-refractivity contribution in [3.05, 3.63) is 41.3 Å². The minimum absolute atomic E-state index is 1.33. The first-order chi connectivity index (χ1) is 7.86. The number of rotatable bonds is 1. The highest BCUT2D eigenvalue weighted by molar-refractivity contribution is 7.70. The summed E-state index contributed by atoms with van der Waals surface area (Å²) in [4.78, 5) is 2.76. The SMILES string of the molecule is Cc1cc(-c2ccccc2)[s+]s1.[O-][Cl+3]([O-])([O-])[O-]. The monoisotopic (exact) mass is 292 g/mol. The van der Waals surface area contributed by atoms with Gasteiger partial charge in [-0.15, -0.1) is 10.2 Å². The second-order valence-electron chi connectivity index (χ2n) is 3.03. The zero-order valence-corrected chi connectivity index (χ0v) is 11.2. The van der Waals surface area contributed by atoms with Crippen LogP contribution in [0.15, 0.2) is 36.4 Å². The molecule has 0 radical (unpaired) electrons. The van der Waals surface area contributed by atoms with Crippen LogP contribution in [-0.2, 0) is 0 Å². The fourth-order valence-corrected chi connectivity index (χ4v) is 3.24. The van der Waals surface area contributed by atoms with E-state index < -0.39 is 10.2 Å². The van der Waals surface area contributed by atoms with Crippen molar-refractivity contribution in [1.82, 2.24) is 0 Å². The second kappa shape index (κ2) is 6.36. The zero-order valence-electron chi connectivity index (χ0n) is 8.79. The first-order valence-electron chi connectivity index (χ1n) is 4.43. The normalized spacial score (nSPS) is 10.6. The Kier molecular flexibility index (Phi) is 5.41. The molecule has 0 aliphatic carbocycles. The summed E-state index contributed by atoms with van der Waals surface area (Å²) in [5, 5.41) is 0. The molecule has 2 rings (SSSR count). The Labute approximate surface area is 108 Å². The third-order valence-electron chi connectivity index (χ3n) is 1.66. The van der Waals surface area contributed by atoms with Crippen molar-refractivity contribution in [3.63, 3.8) is 0 Å². The van der Waals surface area contributed by atoms with E-state index in [1.807, 2.05) is 26.7 Å². The molecular formula is C10H9ClO4S2. The van der Waals surface area contributed by atoms with Crippen LogP contribution in [0.1, 0.15) is 4.88 Å². The lowest BCUT2D eigenvalue weighted by Crippen LogP contribution is -2.68. The minimum Gasteiger partial charge on any atom is -0.222 e. The molecule has 0 aliphatic rings. The molecule has 4 nitrogen and oxygen atoms in total. The van der Waals surface area contributed by atoms with Crippen LogP contribution >= 0.6 is 20.7 Å². The fourth-order valence-electron chi connectivity index (χ4n) is 1.08. The third-order valence-corrected chi connectivity index (χ3v) is 4.23. The van der Waals surface area contributed by atoms with Gasteiger partial charge in [0.2, 0.25) is 0 Å². The van der Waals surface area contributed by atoms with Crippen LogP contribution in [0.3, 0.4) is 0 Å². The molecule has 1 aromatic heterocycles. The lowest BCUT2D eigenvalue weighted by Gasteiger charge is -2.17. The first-order valence-corrected chi connectivity index (χ1v) is 7.81. The number of benzene rings is 1. The standard InChI is InChI=1S/C10H9S2.ClHO4/c1-8-7-10(12-11-8)9-5-3-2-4-6-9;2-1(3,4)5/h2-7H,1H3;(H,2,3,4,5)/q+1;/p-1. The molecular weight excluding hydrogens is 284 g/mol. The van der Waals surface area contributed by atoms with E-state index in [9.17, 15) is 0 Å². The quantitative estimate of drug-likeness (QED) is 0.514. The summed E-state index contributed by atoms with van der Waals surface area (Å²) in [7, 11) is -1.26. The Morgan fingerprint density at radius 3 is 2.00 bits per heavy atom. The number of hydrogen-bond acceptors (Lipinski definition) is 5. The maximum absolute atomic E-state index is 8.49. The van der Waals surface area contributed by atoms with Crippen molar-refractivity contribution in [3.8, 4) is 10.4 Å². The number of aryl methyl sites for hydroxylation is 1. The molecule has 92 valence electrons. The average Bonchev–Trinajstić information content (AvgIpc) is 2.64. The molecule has 0 bridgehead atoms. The predicted octanol–water partition coefficient (Wildman–Crippen LogP) is -0.690. The van der Waals surface area contributed by atoms with Crippen LogP contribution in [-0.4, -0.2) is 0 Å². The summed E-state index contributed by atoms with van der Waals surface area (Å²) < 4.78 is 34.0. The van der Waals surface area contributed by atoms with E-state index in [4.69, 9.17) is 18.6 Å². The van der Waals surface area contributed by atoms with E-state index in [2.05, 4.69) is 37.3 Å². The van der Waals surface area contributed by atoms with Crippen molar-refractivity contribution in [2.24, 2.45) is 0 Å². The molecule has 17 heavy (non-hydrogen) atoms. The van der Waals surface area contributed by atoms with Gasteiger partial charge in [-0.25, -0.2) is 18.6 Å². The molecule has 0 spiro atoms. The Balaban J connectivity index is 0.000000249. The van der Waals surface area contributed by atoms with Crippen LogP contribution in [0.25, 0.3) is 10.4 Å². The number of hydrogen-bond donors (Lipinski definition) is 0. The van der Waals surface area contributed by atoms with Gasteiger partial charge < -0.3 is 0 Å². The van der Waals surface area contributed by atoms with Gasteiger partial charge in [0.25, 0.3) is 4.88 Å². The van der Waals surface area contributed by atoms with Crippen molar-refractivity contribution in [1.29, 1.82) is 0 Å². The van der Waals surface area contributed by atoms with Gasteiger partial charge in [0, 0.05) is 11.6 Å². The molecule has 0 aliphatic heterocycles. The summed E-state index contributed by atoms with van der Waals surface area (Å²) in [5.41, 5.74) is 1.33. The van der Waals surface area contributed by atoms with Crippen molar-refractivity contribution < 1.29 is 28.9 Å². The van der Waals surface area contributed by atoms with E-state index in [0.29, 0.717) is 0 Å². The fraction of sp³-hybridized carbons (Fsp3) is 0.100. The van der Waals surface area contributed by atoms with Crippen LogP contribution < -0.4 is 18.6 Å². The van der Waals surface area contributed by atoms with Gasteiger partial charge in [0.1, 0.15) is 0 Å². The average molecular weight is 293 g/mol. The van der Waals surface area contributed by atoms with Crippen LogP contribution in [0.5, 0.6) is 0 Å². The van der Waals surface area contributed by atoms with Crippen molar-refractivity contribution >= 4 is 20.7 Å². The smallest absolute Gasteiger partial charge is 0.222 e. The third kappa shape index (κ3) is 6.64. The molecule has 0 atom stereocenters. The Morgan fingerprint density at radius 1 is 1.06 bits per heavy atom. The van der Waals surface area contributed by atoms with Gasteiger partial charge in [0.15, 0.2) is 10.3 Å². The maximum Gasteiger partial charge on any atom is 0.300 e. The molecule has 0 amide bonds. The molecule has 1 heterocycles. The highest BCUT2D eigenvalue weighted by Crippen LogP contribution is 2.30. The van der Waals surface area contributed by atoms with E-state index in [1.165, 1.54) is 15.3 Å². The summed E-state index contributed by atoms with van der Waals surface area (Å²) in [6.45, 7) is 2.15. The van der Waals surface area contributed by atoms with Gasteiger partial charge in [-0.2, -0.15) is 0 Å². The van der Waals surface area contributed by atoms with E-state index in [1.54, 1.807) is 0 Å².